The first-order chi connectivity index (χ1) is 3.93. The molecule has 0 aromatic heterocycles. The van der Waals surface area contributed by atoms with E-state index < -0.39 is 0 Å². The zero-order valence-electron chi connectivity index (χ0n) is 5.19. The summed E-state index contributed by atoms with van der Waals surface area (Å²) >= 11 is 0. The zero-order chi connectivity index (χ0) is 5.82. The Balaban J connectivity index is 2.22. The molecule has 0 saturated carbocycles. The first-order valence-electron chi connectivity index (χ1n) is 3.21. The lowest BCUT2D eigenvalue weighted by Gasteiger charge is -2.23. The van der Waals surface area contributed by atoms with Gasteiger partial charge in [0.1, 0.15) is 0 Å². The third-order valence-electron chi connectivity index (χ3n) is 1.58. The van der Waals surface area contributed by atoms with Crippen molar-refractivity contribution >= 4 is 0 Å². The maximum atomic E-state index is 3.59. The van der Waals surface area contributed by atoms with E-state index in [1.54, 1.807) is 0 Å². The molecule has 0 amide bonds. The number of hydrogen-bond acceptors (Lipinski definition) is 1. The predicted octanol–water partition coefficient (Wildman–Crippen LogP) is 1.42. The molecule has 1 heterocycles. The Kier molecular flexibility index (Phi) is 1.95. The normalized spacial score (nSPS) is 20.8. The predicted molar refractivity (Wildman–Crippen MR) is 34.3 cm³/mol. The molecule has 1 nitrogen and oxygen atoms in total. The highest BCUT2D eigenvalue weighted by Gasteiger charge is 2.03. The second kappa shape index (κ2) is 2.75. The molecule has 1 aliphatic heterocycles. The van der Waals surface area contributed by atoms with Crippen molar-refractivity contribution in [2.24, 2.45) is 0 Å². The summed E-state index contributed by atoms with van der Waals surface area (Å²) in [6.45, 7) is 5.93. The van der Waals surface area contributed by atoms with E-state index in [9.17, 15) is 0 Å². The number of piperidine rings is 1. The van der Waals surface area contributed by atoms with Crippen LogP contribution in [0.4, 0.5) is 0 Å². The molecule has 1 aliphatic rings. The maximum Gasteiger partial charge on any atom is 0.0524 e. The number of rotatable bonds is 1. The minimum Gasteiger partial charge on any atom is -0.370 e. The average molecular weight is 110 g/mol. The molecular weight excluding hydrogens is 98.1 g/mol. The Hall–Kier alpha value is -0.460. The molecule has 1 saturated heterocycles. The van der Waals surface area contributed by atoms with Crippen molar-refractivity contribution in [3.05, 3.63) is 12.8 Å². The molecule has 1 radical (unpaired) electrons. The van der Waals surface area contributed by atoms with Gasteiger partial charge in [-0.3, -0.25) is 0 Å². The molecule has 1 fully saturated rings. The molecule has 0 spiro atoms. The van der Waals surface area contributed by atoms with Gasteiger partial charge in [0, 0.05) is 13.1 Å². The minimum absolute atomic E-state index is 1.17. The van der Waals surface area contributed by atoms with Crippen LogP contribution < -0.4 is 0 Å². The van der Waals surface area contributed by atoms with Gasteiger partial charge in [0.25, 0.3) is 0 Å². The van der Waals surface area contributed by atoms with E-state index in [1.807, 2.05) is 0 Å². The maximum absolute atomic E-state index is 3.59. The summed E-state index contributed by atoms with van der Waals surface area (Å²) in [4.78, 5) is 2.16. The molecule has 0 unspecified atom stereocenters. The van der Waals surface area contributed by atoms with Crippen LogP contribution in [0.5, 0.6) is 0 Å². The van der Waals surface area contributed by atoms with Crippen molar-refractivity contribution in [2.75, 3.05) is 13.1 Å². The van der Waals surface area contributed by atoms with Crippen LogP contribution in [0.25, 0.3) is 0 Å². The summed E-state index contributed by atoms with van der Waals surface area (Å²) in [5, 5.41) is 0. The standard InChI is InChI=1S/C7H12N/c1-2-8-6-4-3-5-7-8/h1,3-7H2. The zero-order valence-corrected chi connectivity index (χ0v) is 5.19. The van der Waals surface area contributed by atoms with Crippen molar-refractivity contribution in [3.8, 4) is 0 Å². The highest BCUT2D eigenvalue weighted by atomic mass is 15.1. The lowest BCUT2D eigenvalue weighted by Crippen LogP contribution is -2.24. The van der Waals surface area contributed by atoms with Crippen molar-refractivity contribution < 1.29 is 0 Å². The van der Waals surface area contributed by atoms with Crippen LogP contribution in [0, 0.1) is 6.20 Å². The van der Waals surface area contributed by atoms with Crippen LogP contribution in [0.2, 0.25) is 0 Å². The summed E-state index contributed by atoms with van der Waals surface area (Å²) in [5.74, 6) is 0. The monoisotopic (exact) mass is 110 g/mol. The lowest BCUT2D eigenvalue weighted by atomic mass is 10.1. The molecule has 1 rings (SSSR count). The summed E-state index contributed by atoms with van der Waals surface area (Å²) in [5.41, 5.74) is 0. The van der Waals surface area contributed by atoms with E-state index >= 15 is 0 Å². The van der Waals surface area contributed by atoms with Crippen LogP contribution in [-0.4, -0.2) is 18.0 Å². The second-order valence-electron chi connectivity index (χ2n) is 2.21. The van der Waals surface area contributed by atoms with Gasteiger partial charge in [-0.15, -0.1) is 0 Å². The summed E-state index contributed by atoms with van der Waals surface area (Å²) in [7, 11) is 0. The van der Waals surface area contributed by atoms with Gasteiger partial charge >= 0.3 is 0 Å². The Morgan fingerprint density at radius 1 is 1.12 bits per heavy atom. The van der Waals surface area contributed by atoms with E-state index in [0.717, 1.165) is 0 Å². The Morgan fingerprint density at radius 2 is 1.75 bits per heavy atom. The second-order valence-corrected chi connectivity index (χ2v) is 2.21. The van der Waals surface area contributed by atoms with E-state index in [1.165, 1.54) is 32.4 Å². The number of likely N-dealkylation sites (tertiary alicyclic amines) is 1. The van der Waals surface area contributed by atoms with Gasteiger partial charge in [-0.2, -0.15) is 0 Å². The Bertz CT molecular complexity index is 72.5. The van der Waals surface area contributed by atoms with Crippen molar-refractivity contribution in [1.82, 2.24) is 4.90 Å². The van der Waals surface area contributed by atoms with Crippen LogP contribution in [-0.2, 0) is 0 Å². The van der Waals surface area contributed by atoms with Crippen molar-refractivity contribution in [3.63, 3.8) is 0 Å². The van der Waals surface area contributed by atoms with Crippen LogP contribution in [0.3, 0.4) is 0 Å². The Labute approximate surface area is 51.0 Å². The largest absolute Gasteiger partial charge is 0.370 e. The summed E-state index contributed by atoms with van der Waals surface area (Å²) in [6.07, 6.45) is 6.92. The molecule has 0 aliphatic carbocycles. The quantitative estimate of drug-likeness (QED) is 0.493. The van der Waals surface area contributed by atoms with Gasteiger partial charge in [-0.1, -0.05) is 6.58 Å². The van der Waals surface area contributed by atoms with Gasteiger partial charge in [-0.25, -0.2) is 0 Å². The topological polar surface area (TPSA) is 3.24 Å². The molecule has 0 atom stereocenters. The van der Waals surface area contributed by atoms with Crippen LogP contribution >= 0.6 is 0 Å². The average Bonchev–Trinajstić information content (AvgIpc) is 1.90. The first-order valence-corrected chi connectivity index (χ1v) is 3.21. The van der Waals surface area contributed by atoms with Gasteiger partial charge < -0.3 is 4.90 Å². The highest BCUT2D eigenvalue weighted by molar-refractivity contribution is 4.67. The number of hydrogen-bond donors (Lipinski definition) is 0. The minimum atomic E-state index is 1.17. The molecule has 1 heteroatoms. The van der Waals surface area contributed by atoms with Gasteiger partial charge in [0.15, 0.2) is 0 Å². The van der Waals surface area contributed by atoms with Gasteiger partial charge in [0.05, 0.1) is 6.20 Å². The van der Waals surface area contributed by atoms with E-state index in [4.69, 9.17) is 0 Å². The molecule has 0 N–H and O–H groups in total. The van der Waals surface area contributed by atoms with E-state index in [2.05, 4.69) is 17.7 Å². The fraction of sp³-hybridized carbons (Fsp3) is 0.714. The molecule has 8 heavy (non-hydrogen) atoms. The van der Waals surface area contributed by atoms with Gasteiger partial charge in [0.2, 0.25) is 0 Å². The van der Waals surface area contributed by atoms with Crippen LogP contribution in [0.15, 0.2) is 6.58 Å². The molecule has 45 valence electrons. The summed E-state index contributed by atoms with van der Waals surface area (Å²) < 4.78 is 0. The third-order valence-corrected chi connectivity index (χ3v) is 1.58. The fourth-order valence-electron chi connectivity index (χ4n) is 1.05. The SMILES string of the molecule is C=[C]N1CCCCC1. The molecule has 0 bridgehead atoms. The Morgan fingerprint density at radius 3 is 2.12 bits per heavy atom. The smallest absolute Gasteiger partial charge is 0.0524 e. The molecule has 0 aromatic rings. The van der Waals surface area contributed by atoms with E-state index in [-0.39, 0.29) is 0 Å². The molecule has 0 aromatic carbocycles. The van der Waals surface area contributed by atoms with E-state index in [0.29, 0.717) is 0 Å². The lowest BCUT2D eigenvalue weighted by molar-refractivity contribution is 0.297. The fourth-order valence-corrected chi connectivity index (χ4v) is 1.05. The van der Waals surface area contributed by atoms with Gasteiger partial charge in [-0.05, 0) is 19.3 Å². The highest BCUT2D eigenvalue weighted by Crippen LogP contribution is 2.06. The molecular formula is C7H12N. The van der Waals surface area contributed by atoms with Crippen LogP contribution in [0.1, 0.15) is 19.3 Å². The van der Waals surface area contributed by atoms with Crippen molar-refractivity contribution in [1.29, 1.82) is 0 Å². The van der Waals surface area contributed by atoms with Crippen molar-refractivity contribution in [2.45, 2.75) is 19.3 Å². The third kappa shape index (κ3) is 1.25. The number of nitrogens with zero attached hydrogens (tertiary/aromatic N) is 1. The first kappa shape index (κ1) is 5.67. The summed E-state index contributed by atoms with van der Waals surface area (Å²) in [6, 6.07) is 0.